The Hall–Kier alpha value is -1.03. The Morgan fingerprint density at radius 2 is 2.29 bits per heavy atom. The van der Waals surface area contributed by atoms with E-state index in [0.29, 0.717) is 10.8 Å². The standard InChI is InChI=1S/C13H17FN2S/c1-3-10-8-15-13(17-10)16-9(2)11-6-4-5-7-12(11)14/h4-7,9-10H,3,8H2,1-2H3,(H,15,16). The first-order valence-corrected chi connectivity index (χ1v) is 6.80. The van der Waals surface area contributed by atoms with Crippen molar-refractivity contribution in [1.29, 1.82) is 0 Å². The van der Waals surface area contributed by atoms with Crippen molar-refractivity contribution in [2.24, 2.45) is 4.99 Å². The Morgan fingerprint density at radius 1 is 1.53 bits per heavy atom. The summed E-state index contributed by atoms with van der Waals surface area (Å²) in [6.45, 7) is 4.99. The van der Waals surface area contributed by atoms with Gasteiger partial charge < -0.3 is 5.32 Å². The maximum Gasteiger partial charge on any atom is 0.157 e. The highest BCUT2D eigenvalue weighted by atomic mass is 32.2. The number of nitrogens with zero attached hydrogens (tertiary/aromatic N) is 1. The summed E-state index contributed by atoms with van der Waals surface area (Å²) in [6, 6.07) is 6.82. The molecule has 1 aliphatic heterocycles. The highest BCUT2D eigenvalue weighted by Crippen LogP contribution is 2.24. The molecule has 17 heavy (non-hydrogen) atoms. The summed E-state index contributed by atoms with van der Waals surface area (Å²) >= 11 is 1.76. The number of hydrogen-bond acceptors (Lipinski definition) is 3. The molecular weight excluding hydrogens is 235 g/mol. The average Bonchev–Trinajstić information content (AvgIpc) is 2.77. The van der Waals surface area contributed by atoms with Gasteiger partial charge in [0, 0.05) is 10.8 Å². The number of aliphatic imine (C=N–C) groups is 1. The van der Waals surface area contributed by atoms with Crippen LogP contribution in [0.5, 0.6) is 0 Å². The topological polar surface area (TPSA) is 24.4 Å². The van der Waals surface area contributed by atoms with E-state index in [1.165, 1.54) is 6.07 Å². The van der Waals surface area contributed by atoms with Crippen molar-refractivity contribution in [3.63, 3.8) is 0 Å². The summed E-state index contributed by atoms with van der Waals surface area (Å²) in [4.78, 5) is 4.43. The van der Waals surface area contributed by atoms with Crippen LogP contribution in [-0.2, 0) is 0 Å². The van der Waals surface area contributed by atoms with E-state index in [9.17, 15) is 4.39 Å². The van der Waals surface area contributed by atoms with Crippen molar-refractivity contribution in [3.8, 4) is 0 Å². The second kappa shape index (κ2) is 5.54. The van der Waals surface area contributed by atoms with Gasteiger partial charge in [-0.2, -0.15) is 0 Å². The molecule has 4 heteroatoms. The summed E-state index contributed by atoms with van der Waals surface area (Å²) in [6.07, 6.45) is 1.12. The largest absolute Gasteiger partial charge is 0.358 e. The maximum absolute atomic E-state index is 13.6. The van der Waals surface area contributed by atoms with E-state index in [1.807, 2.05) is 19.1 Å². The lowest BCUT2D eigenvalue weighted by Crippen LogP contribution is -2.24. The number of halogens is 1. The first-order chi connectivity index (χ1) is 8.20. The summed E-state index contributed by atoms with van der Waals surface area (Å²) in [5, 5.41) is 4.79. The molecule has 0 radical (unpaired) electrons. The molecule has 1 N–H and O–H groups in total. The predicted molar refractivity (Wildman–Crippen MR) is 71.9 cm³/mol. The average molecular weight is 252 g/mol. The minimum atomic E-state index is -0.164. The fourth-order valence-corrected chi connectivity index (χ4v) is 2.82. The lowest BCUT2D eigenvalue weighted by Gasteiger charge is -2.16. The molecule has 1 aromatic carbocycles. The fourth-order valence-electron chi connectivity index (χ4n) is 1.80. The van der Waals surface area contributed by atoms with Gasteiger partial charge in [0.25, 0.3) is 0 Å². The van der Waals surface area contributed by atoms with Crippen molar-refractivity contribution in [3.05, 3.63) is 35.6 Å². The van der Waals surface area contributed by atoms with Gasteiger partial charge in [0.05, 0.1) is 12.6 Å². The third kappa shape index (κ3) is 3.00. The second-order valence-electron chi connectivity index (χ2n) is 4.18. The zero-order chi connectivity index (χ0) is 12.3. The molecule has 0 spiro atoms. The van der Waals surface area contributed by atoms with Crippen molar-refractivity contribution >= 4 is 16.9 Å². The molecule has 92 valence electrons. The molecule has 1 aliphatic rings. The molecule has 1 aromatic rings. The summed E-state index contributed by atoms with van der Waals surface area (Å²) < 4.78 is 13.6. The highest BCUT2D eigenvalue weighted by Gasteiger charge is 2.20. The quantitative estimate of drug-likeness (QED) is 0.892. The Morgan fingerprint density at radius 3 is 2.94 bits per heavy atom. The number of thioether (sulfide) groups is 1. The molecule has 0 bridgehead atoms. The molecule has 1 heterocycles. The molecule has 2 nitrogen and oxygen atoms in total. The van der Waals surface area contributed by atoms with Crippen LogP contribution in [0.25, 0.3) is 0 Å². The van der Waals surface area contributed by atoms with Gasteiger partial charge in [-0.15, -0.1) is 0 Å². The fraction of sp³-hybridized carbons (Fsp3) is 0.462. The predicted octanol–water partition coefficient (Wildman–Crippen LogP) is 3.36. The van der Waals surface area contributed by atoms with Gasteiger partial charge in [0.15, 0.2) is 5.17 Å². The zero-order valence-corrected chi connectivity index (χ0v) is 10.9. The molecule has 0 fully saturated rings. The third-order valence-corrected chi connectivity index (χ3v) is 4.17. The summed E-state index contributed by atoms with van der Waals surface area (Å²) in [5.41, 5.74) is 0.691. The molecule has 0 aliphatic carbocycles. The van der Waals surface area contributed by atoms with Crippen LogP contribution in [0.4, 0.5) is 4.39 Å². The van der Waals surface area contributed by atoms with Gasteiger partial charge >= 0.3 is 0 Å². The van der Waals surface area contributed by atoms with E-state index >= 15 is 0 Å². The number of hydrogen-bond donors (Lipinski definition) is 1. The Kier molecular flexibility index (Phi) is 4.05. The first-order valence-electron chi connectivity index (χ1n) is 5.92. The molecule has 2 rings (SSSR count). The van der Waals surface area contributed by atoms with Crippen LogP contribution in [-0.4, -0.2) is 17.0 Å². The number of benzene rings is 1. The van der Waals surface area contributed by atoms with Crippen molar-refractivity contribution in [2.75, 3.05) is 6.54 Å². The van der Waals surface area contributed by atoms with E-state index in [1.54, 1.807) is 17.8 Å². The van der Waals surface area contributed by atoms with Crippen LogP contribution < -0.4 is 5.32 Å². The van der Waals surface area contributed by atoms with Gasteiger partial charge in [0.2, 0.25) is 0 Å². The minimum absolute atomic E-state index is 0.0435. The molecule has 0 aromatic heterocycles. The first kappa shape index (κ1) is 12.4. The van der Waals surface area contributed by atoms with Crippen molar-refractivity contribution < 1.29 is 4.39 Å². The lowest BCUT2D eigenvalue weighted by molar-refractivity contribution is 0.580. The number of amidine groups is 1. The van der Waals surface area contributed by atoms with E-state index < -0.39 is 0 Å². The molecule has 0 saturated carbocycles. The third-order valence-electron chi connectivity index (χ3n) is 2.88. The molecular formula is C13H17FN2S. The smallest absolute Gasteiger partial charge is 0.157 e. The van der Waals surface area contributed by atoms with E-state index in [0.717, 1.165) is 18.1 Å². The van der Waals surface area contributed by atoms with Crippen molar-refractivity contribution in [2.45, 2.75) is 31.6 Å². The van der Waals surface area contributed by atoms with E-state index in [-0.39, 0.29) is 11.9 Å². The van der Waals surface area contributed by atoms with Gasteiger partial charge in [0.1, 0.15) is 5.82 Å². The minimum Gasteiger partial charge on any atom is -0.358 e. The van der Waals surface area contributed by atoms with Gasteiger partial charge in [-0.3, -0.25) is 4.99 Å². The number of nitrogens with one attached hydrogen (secondary N) is 1. The second-order valence-corrected chi connectivity index (χ2v) is 5.47. The van der Waals surface area contributed by atoms with E-state index in [4.69, 9.17) is 0 Å². The highest BCUT2D eigenvalue weighted by molar-refractivity contribution is 8.14. The lowest BCUT2D eigenvalue weighted by atomic mass is 10.1. The van der Waals surface area contributed by atoms with Crippen LogP contribution in [0.2, 0.25) is 0 Å². The number of rotatable bonds is 3. The monoisotopic (exact) mass is 252 g/mol. The van der Waals surface area contributed by atoms with Gasteiger partial charge in [-0.1, -0.05) is 36.9 Å². The summed E-state index contributed by atoms with van der Waals surface area (Å²) in [5.74, 6) is -0.164. The SMILES string of the molecule is CCC1CN=C(NC(C)c2ccccc2F)S1. The Labute approximate surface area is 106 Å². The molecule has 2 atom stereocenters. The van der Waals surface area contributed by atoms with Crippen LogP contribution >= 0.6 is 11.8 Å². The normalized spacial score (nSPS) is 21.1. The van der Waals surface area contributed by atoms with E-state index in [2.05, 4.69) is 17.2 Å². The molecule has 2 unspecified atom stereocenters. The van der Waals surface area contributed by atoms with Crippen LogP contribution in [0.1, 0.15) is 31.9 Å². The molecule has 0 saturated heterocycles. The van der Waals surface area contributed by atoms with Crippen LogP contribution in [0.3, 0.4) is 0 Å². The Bertz CT molecular complexity index is 420. The zero-order valence-electron chi connectivity index (χ0n) is 10.1. The molecule has 0 amide bonds. The summed E-state index contributed by atoms with van der Waals surface area (Å²) in [7, 11) is 0. The van der Waals surface area contributed by atoms with Gasteiger partial charge in [-0.25, -0.2) is 4.39 Å². The maximum atomic E-state index is 13.6. The van der Waals surface area contributed by atoms with Crippen molar-refractivity contribution in [1.82, 2.24) is 5.32 Å². The van der Waals surface area contributed by atoms with Crippen LogP contribution in [0.15, 0.2) is 29.3 Å². The van der Waals surface area contributed by atoms with Crippen LogP contribution in [0, 0.1) is 5.82 Å². The van der Waals surface area contributed by atoms with Gasteiger partial charge in [-0.05, 0) is 19.4 Å². The Balaban J connectivity index is 1.99.